The minimum Gasteiger partial charge on any atom is -0.343 e. The molecule has 0 atom stereocenters. The van der Waals surface area contributed by atoms with Gasteiger partial charge in [0.2, 0.25) is 11.8 Å². The molecule has 5 rings (SSSR count). The molecule has 0 saturated carbocycles. The van der Waals surface area contributed by atoms with Crippen molar-refractivity contribution >= 4 is 49.7 Å². The number of carbonyl (C=O) groups excluding carboxylic acids is 2. The third-order valence-corrected chi connectivity index (χ3v) is 7.98. The van der Waals surface area contributed by atoms with Gasteiger partial charge in [-0.3, -0.25) is 19.5 Å². The van der Waals surface area contributed by atoms with Crippen molar-refractivity contribution in [2.75, 3.05) is 45.1 Å². The van der Waals surface area contributed by atoms with Gasteiger partial charge in [0.1, 0.15) is 15.5 Å². The molecule has 0 aromatic carbocycles. The lowest BCUT2D eigenvalue weighted by Gasteiger charge is -2.31. The van der Waals surface area contributed by atoms with E-state index in [-0.39, 0.29) is 11.8 Å². The third-order valence-electron chi connectivity index (χ3n) is 5.78. The van der Waals surface area contributed by atoms with Gasteiger partial charge in [-0.15, -0.1) is 22.7 Å². The number of amides is 2. The van der Waals surface area contributed by atoms with Crippen LogP contribution in [-0.4, -0.2) is 71.4 Å². The van der Waals surface area contributed by atoms with Crippen LogP contribution in [0.1, 0.15) is 16.9 Å². The van der Waals surface area contributed by atoms with Crippen LogP contribution in [-0.2, 0) is 22.6 Å². The predicted molar refractivity (Wildman–Crippen MR) is 123 cm³/mol. The molecule has 1 fully saturated rings. The number of hydrogen-bond acceptors (Lipinski definition) is 8. The molecule has 3 aromatic rings. The molecule has 3 aromatic heterocycles. The standard InChI is InChI=1S/C21H24N6O2S2/c1-26-8-9-27(12-18(26)29)7-4-17(28)25-21-19(13-2-5-23-11-16(13)31-21)20-24-14-10-22-6-3-15(14)30-20/h3,6,10,23H,2,4-5,7-9,11-12H2,1H3,(H,25,28). The van der Waals surface area contributed by atoms with Crippen LogP contribution in [0.5, 0.6) is 0 Å². The zero-order valence-electron chi connectivity index (χ0n) is 17.3. The van der Waals surface area contributed by atoms with E-state index in [0.717, 1.165) is 51.8 Å². The Morgan fingerprint density at radius 1 is 1.32 bits per heavy atom. The second-order valence-electron chi connectivity index (χ2n) is 7.89. The lowest BCUT2D eigenvalue weighted by molar-refractivity contribution is -0.134. The minimum absolute atomic E-state index is 0.0260. The molecule has 2 aliphatic heterocycles. The molecule has 0 radical (unpaired) electrons. The van der Waals surface area contributed by atoms with E-state index in [0.29, 0.717) is 26.1 Å². The summed E-state index contributed by atoms with van der Waals surface area (Å²) >= 11 is 3.28. The van der Waals surface area contributed by atoms with Crippen LogP contribution in [0, 0.1) is 0 Å². The molecule has 2 N–H and O–H groups in total. The summed E-state index contributed by atoms with van der Waals surface area (Å²) in [7, 11) is 1.82. The van der Waals surface area contributed by atoms with Crippen molar-refractivity contribution in [3.8, 4) is 10.6 Å². The summed E-state index contributed by atoms with van der Waals surface area (Å²) in [5.74, 6) is 0.0830. The first kappa shape index (κ1) is 20.5. The molecule has 0 unspecified atom stereocenters. The van der Waals surface area contributed by atoms with E-state index in [1.54, 1.807) is 40.0 Å². The lowest BCUT2D eigenvalue weighted by Crippen LogP contribution is -2.49. The number of aromatic nitrogens is 2. The molecule has 8 nitrogen and oxygen atoms in total. The number of anilines is 1. The average Bonchev–Trinajstić information content (AvgIpc) is 3.35. The molecule has 0 aliphatic carbocycles. The number of thiophene rings is 1. The van der Waals surface area contributed by atoms with Crippen molar-refractivity contribution in [3.05, 3.63) is 28.9 Å². The van der Waals surface area contributed by atoms with Gasteiger partial charge in [0.05, 0.1) is 17.4 Å². The maximum Gasteiger partial charge on any atom is 0.236 e. The third kappa shape index (κ3) is 4.20. The number of nitrogens with zero attached hydrogens (tertiary/aromatic N) is 4. The van der Waals surface area contributed by atoms with E-state index in [1.807, 2.05) is 18.0 Å². The van der Waals surface area contributed by atoms with E-state index < -0.39 is 0 Å². The largest absolute Gasteiger partial charge is 0.343 e. The number of rotatable bonds is 5. The quantitative estimate of drug-likeness (QED) is 0.612. The van der Waals surface area contributed by atoms with Gasteiger partial charge in [0, 0.05) is 56.3 Å². The molecule has 162 valence electrons. The molecule has 5 heterocycles. The van der Waals surface area contributed by atoms with Crippen molar-refractivity contribution in [2.45, 2.75) is 19.4 Å². The molecule has 2 aliphatic rings. The summed E-state index contributed by atoms with van der Waals surface area (Å²) < 4.78 is 1.09. The van der Waals surface area contributed by atoms with Crippen LogP contribution in [0.3, 0.4) is 0 Å². The Bertz CT molecular complexity index is 1110. The van der Waals surface area contributed by atoms with Gasteiger partial charge in [-0.25, -0.2) is 4.98 Å². The summed E-state index contributed by atoms with van der Waals surface area (Å²) in [5, 5.41) is 8.38. The van der Waals surface area contributed by atoms with Gasteiger partial charge in [0.25, 0.3) is 0 Å². The number of carbonyl (C=O) groups is 2. The second kappa shape index (κ2) is 8.62. The first-order chi connectivity index (χ1) is 15.1. The molecule has 1 saturated heterocycles. The highest BCUT2D eigenvalue weighted by molar-refractivity contribution is 7.22. The van der Waals surface area contributed by atoms with Crippen molar-refractivity contribution < 1.29 is 9.59 Å². The molecule has 2 amide bonds. The minimum atomic E-state index is -0.0260. The smallest absolute Gasteiger partial charge is 0.236 e. The lowest BCUT2D eigenvalue weighted by atomic mass is 10.0. The van der Waals surface area contributed by atoms with Crippen molar-refractivity contribution in [1.82, 2.24) is 25.1 Å². The fourth-order valence-corrected chi connectivity index (χ4v) is 6.29. The highest BCUT2D eigenvalue weighted by Gasteiger charge is 2.26. The van der Waals surface area contributed by atoms with Gasteiger partial charge in [-0.1, -0.05) is 0 Å². The predicted octanol–water partition coefficient (Wildman–Crippen LogP) is 2.17. The Morgan fingerprint density at radius 3 is 3.06 bits per heavy atom. The Balaban J connectivity index is 1.36. The maximum atomic E-state index is 12.8. The highest BCUT2D eigenvalue weighted by atomic mass is 32.1. The van der Waals surface area contributed by atoms with Crippen LogP contribution in [0.4, 0.5) is 5.00 Å². The summed E-state index contributed by atoms with van der Waals surface area (Å²) in [5.41, 5.74) is 3.23. The van der Waals surface area contributed by atoms with Crippen molar-refractivity contribution in [3.63, 3.8) is 0 Å². The Morgan fingerprint density at radius 2 is 2.23 bits per heavy atom. The van der Waals surface area contributed by atoms with E-state index in [1.165, 1.54) is 10.4 Å². The number of piperazine rings is 1. The number of pyridine rings is 1. The fraction of sp³-hybridized carbons (Fsp3) is 0.429. The number of hydrogen-bond donors (Lipinski definition) is 2. The van der Waals surface area contributed by atoms with E-state index in [4.69, 9.17) is 4.98 Å². The first-order valence-electron chi connectivity index (χ1n) is 10.4. The van der Waals surface area contributed by atoms with E-state index >= 15 is 0 Å². The Kier molecular flexibility index (Phi) is 5.70. The zero-order valence-corrected chi connectivity index (χ0v) is 18.9. The van der Waals surface area contributed by atoms with Gasteiger partial charge in [0.15, 0.2) is 0 Å². The molecule has 31 heavy (non-hydrogen) atoms. The number of fused-ring (bicyclic) bond motifs is 2. The summed E-state index contributed by atoms with van der Waals surface area (Å²) in [6.07, 6.45) is 4.85. The van der Waals surface area contributed by atoms with Crippen LogP contribution in [0.25, 0.3) is 20.8 Å². The summed E-state index contributed by atoms with van der Waals surface area (Å²) in [6, 6.07) is 1.98. The molecular formula is C21H24N6O2S2. The van der Waals surface area contributed by atoms with Gasteiger partial charge >= 0.3 is 0 Å². The zero-order chi connectivity index (χ0) is 21.4. The van der Waals surface area contributed by atoms with Crippen molar-refractivity contribution in [2.24, 2.45) is 0 Å². The maximum absolute atomic E-state index is 12.8. The average molecular weight is 457 g/mol. The summed E-state index contributed by atoms with van der Waals surface area (Å²) in [6.45, 7) is 4.22. The van der Waals surface area contributed by atoms with Crippen LogP contribution in [0.15, 0.2) is 18.5 Å². The van der Waals surface area contributed by atoms with Gasteiger partial charge in [-0.05, 0) is 24.6 Å². The topological polar surface area (TPSA) is 90.5 Å². The number of nitrogens with one attached hydrogen (secondary N) is 2. The SMILES string of the molecule is CN1CCN(CCC(=O)Nc2sc3c(c2-c2nc4cnccc4s2)CCNC3)CC1=O. The summed E-state index contributed by atoms with van der Waals surface area (Å²) in [4.78, 5) is 38.7. The molecule has 0 spiro atoms. The molecule has 0 bridgehead atoms. The van der Waals surface area contributed by atoms with E-state index in [2.05, 4.69) is 15.6 Å². The highest BCUT2D eigenvalue weighted by Crippen LogP contribution is 2.44. The molecule has 10 heteroatoms. The van der Waals surface area contributed by atoms with Gasteiger partial charge in [-0.2, -0.15) is 0 Å². The molecular weight excluding hydrogens is 432 g/mol. The number of likely N-dealkylation sites (N-methyl/N-ethyl adjacent to an activating group) is 1. The Hall–Kier alpha value is -2.40. The Labute approximate surface area is 188 Å². The normalized spacial score (nSPS) is 17.2. The monoisotopic (exact) mass is 456 g/mol. The van der Waals surface area contributed by atoms with Crippen LogP contribution in [0.2, 0.25) is 0 Å². The van der Waals surface area contributed by atoms with Crippen molar-refractivity contribution in [1.29, 1.82) is 0 Å². The first-order valence-corrected chi connectivity index (χ1v) is 12.0. The van der Waals surface area contributed by atoms with Gasteiger partial charge < -0.3 is 15.5 Å². The van der Waals surface area contributed by atoms with Crippen LogP contribution >= 0.6 is 22.7 Å². The second-order valence-corrected chi connectivity index (χ2v) is 10.0. The van der Waals surface area contributed by atoms with E-state index in [9.17, 15) is 9.59 Å². The van der Waals surface area contributed by atoms with Crippen LogP contribution < -0.4 is 10.6 Å². The fourth-order valence-electron chi connectivity index (χ4n) is 3.98. The number of thiazole rings is 1.